The fourth-order valence-corrected chi connectivity index (χ4v) is 9.47. The molecule has 3 heteroatoms. The lowest BCUT2D eigenvalue weighted by atomic mass is 9.44. The van der Waals surface area contributed by atoms with E-state index in [9.17, 15) is 9.90 Å². The van der Waals surface area contributed by atoms with E-state index in [0.29, 0.717) is 16.7 Å². The number of rotatable bonds is 4. The van der Waals surface area contributed by atoms with Crippen LogP contribution in [0.5, 0.6) is 0 Å². The van der Waals surface area contributed by atoms with E-state index in [1.54, 1.807) is 4.90 Å². The molecule has 172 valence electrons. The van der Waals surface area contributed by atoms with Gasteiger partial charge in [-0.15, -0.1) is 0 Å². The lowest BCUT2D eigenvalue weighted by Gasteiger charge is -2.61. The molecule has 3 nitrogen and oxygen atoms in total. The minimum Gasteiger partial charge on any atom is -0.393 e. The van der Waals surface area contributed by atoms with Gasteiger partial charge >= 0.3 is 0 Å². The highest BCUT2D eigenvalue weighted by molar-refractivity contribution is 5.77. The third kappa shape index (κ3) is 3.55. The Morgan fingerprint density at radius 1 is 0.967 bits per heavy atom. The molecule has 0 aromatic heterocycles. The second-order valence-electron chi connectivity index (χ2n) is 12.7. The second kappa shape index (κ2) is 8.09. The Bertz CT molecular complexity index is 647. The monoisotopic (exact) mass is 417 g/mol. The summed E-state index contributed by atoms with van der Waals surface area (Å²) in [6.45, 7) is 9.78. The summed E-state index contributed by atoms with van der Waals surface area (Å²) in [7, 11) is 3.78. The van der Waals surface area contributed by atoms with Crippen molar-refractivity contribution >= 4 is 5.91 Å². The number of amides is 1. The van der Waals surface area contributed by atoms with Gasteiger partial charge in [0.25, 0.3) is 0 Å². The second-order valence-corrected chi connectivity index (χ2v) is 12.7. The molecule has 0 radical (unpaired) electrons. The van der Waals surface area contributed by atoms with Gasteiger partial charge in [0.15, 0.2) is 0 Å². The van der Waals surface area contributed by atoms with Gasteiger partial charge in [0.05, 0.1) is 6.10 Å². The molecular weight excluding hydrogens is 370 g/mol. The first-order valence-corrected chi connectivity index (χ1v) is 13.0. The molecule has 0 spiro atoms. The number of aliphatic hydroxyl groups is 1. The molecule has 0 aliphatic heterocycles. The minimum absolute atomic E-state index is 0.0444. The van der Waals surface area contributed by atoms with Crippen molar-refractivity contribution in [2.24, 2.45) is 52.3 Å². The van der Waals surface area contributed by atoms with Crippen LogP contribution in [0.15, 0.2) is 0 Å². The SMILES string of the molecule is CC(CC(C)[C@H]1CC[C@H]2[C@@H]3CCC4C[C@@H](O)CC[C@]4(C)[C@H]3CC[C@]12C)C(=O)N(C)C. The summed E-state index contributed by atoms with van der Waals surface area (Å²) in [5.74, 6) is 5.25. The van der Waals surface area contributed by atoms with Crippen molar-refractivity contribution in [2.75, 3.05) is 14.1 Å². The topological polar surface area (TPSA) is 40.5 Å². The Morgan fingerprint density at radius 2 is 1.63 bits per heavy atom. The van der Waals surface area contributed by atoms with Crippen molar-refractivity contribution in [3.05, 3.63) is 0 Å². The van der Waals surface area contributed by atoms with Gasteiger partial charge in [0, 0.05) is 20.0 Å². The number of hydrogen-bond donors (Lipinski definition) is 1. The summed E-state index contributed by atoms with van der Waals surface area (Å²) in [5, 5.41) is 10.3. The quantitative estimate of drug-likeness (QED) is 0.632. The van der Waals surface area contributed by atoms with Gasteiger partial charge < -0.3 is 10.0 Å². The maximum atomic E-state index is 12.4. The Morgan fingerprint density at radius 3 is 2.33 bits per heavy atom. The summed E-state index contributed by atoms with van der Waals surface area (Å²) in [5.41, 5.74) is 0.943. The number of nitrogens with zero attached hydrogens (tertiary/aromatic N) is 1. The summed E-state index contributed by atoms with van der Waals surface area (Å²) >= 11 is 0. The Hall–Kier alpha value is -0.570. The van der Waals surface area contributed by atoms with Gasteiger partial charge in [-0.1, -0.05) is 27.7 Å². The van der Waals surface area contributed by atoms with Crippen molar-refractivity contribution in [2.45, 2.75) is 98.0 Å². The van der Waals surface area contributed by atoms with Crippen LogP contribution < -0.4 is 0 Å². The standard InChI is InChI=1S/C27H47NO2/c1-17(15-18(2)25(30)28(5)6)22-9-10-23-21-8-7-19-16-20(29)11-13-26(19,3)24(21)12-14-27(22,23)4/h17-24,29H,7-16H2,1-6H3/t17?,18?,19?,20-,21-,22+,23-,24-,26-,27+/m0/s1. The van der Waals surface area contributed by atoms with Gasteiger partial charge in [-0.05, 0) is 111 Å². The van der Waals surface area contributed by atoms with E-state index in [1.165, 1.54) is 44.9 Å². The molecule has 4 aliphatic rings. The summed E-state index contributed by atoms with van der Waals surface area (Å²) in [6.07, 6.45) is 12.6. The van der Waals surface area contributed by atoms with Crippen LogP contribution in [0.1, 0.15) is 91.9 Å². The molecule has 0 saturated heterocycles. The van der Waals surface area contributed by atoms with Crippen LogP contribution in [0.4, 0.5) is 0 Å². The highest BCUT2D eigenvalue weighted by atomic mass is 16.3. The average molecular weight is 418 g/mol. The maximum Gasteiger partial charge on any atom is 0.224 e. The van der Waals surface area contributed by atoms with Crippen LogP contribution in [0.25, 0.3) is 0 Å². The third-order valence-corrected chi connectivity index (χ3v) is 11.0. The number of carbonyl (C=O) groups excluding carboxylic acids is 1. The highest BCUT2D eigenvalue weighted by Crippen LogP contribution is 2.68. The average Bonchev–Trinajstić information content (AvgIpc) is 3.05. The molecule has 4 saturated carbocycles. The predicted octanol–water partition coefficient (Wildman–Crippen LogP) is 5.76. The molecule has 0 heterocycles. The van der Waals surface area contributed by atoms with Gasteiger partial charge in [-0.3, -0.25) is 4.79 Å². The van der Waals surface area contributed by atoms with Gasteiger partial charge in [-0.2, -0.15) is 0 Å². The Balaban J connectivity index is 1.48. The normalized spacial score (nSPS) is 47.6. The summed E-state index contributed by atoms with van der Waals surface area (Å²) in [6, 6.07) is 0. The van der Waals surface area contributed by atoms with Crippen LogP contribution in [0.3, 0.4) is 0 Å². The van der Waals surface area contributed by atoms with Crippen molar-refractivity contribution < 1.29 is 9.90 Å². The molecule has 1 N–H and O–H groups in total. The first-order valence-electron chi connectivity index (χ1n) is 13.0. The first kappa shape index (κ1) is 22.6. The summed E-state index contributed by atoms with van der Waals surface area (Å²) in [4.78, 5) is 14.2. The molecule has 0 aromatic carbocycles. The van der Waals surface area contributed by atoms with E-state index in [2.05, 4.69) is 27.7 Å². The van der Waals surface area contributed by atoms with E-state index < -0.39 is 0 Å². The first-order chi connectivity index (χ1) is 14.1. The van der Waals surface area contributed by atoms with Crippen LogP contribution >= 0.6 is 0 Å². The van der Waals surface area contributed by atoms with Crippen LogP contribution in [0.2, 0.25) is 0 Å². The van der Waals surface area contributed by atoms with E-state index in [0.717, 1.165) is 48.9 Å². The molecule has 10 atom stereocenters. The van der Waals surface area contributed by atoms with Gasteiger partial charge in [-0.25, -0.2) is 0 Å². The van der Waals surface area contributed by atoms with Crippen molar-refractivity contribution in [1.29, 1.82) is 0 Å². The fourth-order valence-electron chi connectivity index (χ4n) is 9.47. The van der Waals surface area contributed by atoms with Gasteiger partial charge in [0.1, 0.15) is 0 Å². The smallest absolute Gasteiger partial charge is 0.224 e. The molecule has 4 fully saturated rings. The zero-order chi connectivity index (χ0) is 21.8. The maximum absolute atomic E-state index is 12.4. The van der Waals surface area contributed by atoms with Crippen LogP contribution in [-0.4, -0.2) is 36.1 Å². The van der Waals surface area contributed by atoms with E-state index >= 15 is 0 Å². The van der Waals surface area contributed by atoms with Crippen molar-refractivity contribution in [3.8, 4) is 0 Å². The molecule has 0 bridgehead atoms. The van der Waals surface area contributed by atoms with Crippen LogP contribution in [0, 0.1) is 52.3 Å². The number of hydrogen-bond acceptors (Lipinski definition) is 2. The predicted molar refractivity (Wildman–Crippen MR) is 123 cm³/mol. The molecule has 4 aliphatic carbocycles. The highest BCUT2D eigenvalue weighted by Gasteiger charge is 2.60. The molecule has 4 rings (SSSR count). The van der Waals surface area contributed by atoms with E-state index in [4.69, 9.17) is 0 Å². The largest absolute Gasteiger partial charge is 0.393 e. The molecule has 3 unspecified atom stereocenters. The zero-order valence-corrected chi connectivity index (χ0v) is 20.5. The molecule has 1 amide bonds. The van der Waals surface area contributed by atoms with E-state index in [-0.39, 0.29) is 17.9 Å². The number of fused-ring (bicyclic) bond motifs is 5. The lowest BCUT2D eigenvalue weighted by molar-refractivity contribution is -0.135. The molecular formula is C27H47NO2. The Kier molecular flexibility index (Phi) is 6.10. The molecule has 30 heavy (non-hydrogen) atoms. The fraction of sp³-hybridized carbons (Fsp3) is 0.963. The lowest BCUT2D eigenvalue weighted by Crippen LogP contribution is -2.54. The van der Waals surface area contributed by atoms with Crippen molar-refractivity contribution in [3.63, 3.8) is 0 Å². The van der Waals surface area contributed by atoms with Crippen molar-refractivity contribution in [1.82, 2.24) is 4.90 Å². The van der Waals surface area contributed by atoms with E-state index in [1.807, 2.05) is 14.1 Å². The zero-order valence-electron chi connectivity index (χ0n) is 20.5. The summed E-state index contributed by atoms with van der Waals surface area (Å²) < 4.78 is 0. The third-order valence-electron chi connectivity index (χ3n) is 11.0. The Labute approximate surface area is 185 Å². The minimum atomic E-state index is -0.0444. The number of aliphatic hydroxyl groups excluding tert-OH is 1. The number of carbonyl (C=O) groups is 1. The van der Waals surface area contributed by atoms with Crippen LogP contribution in [-0.2, 0) is 4.79 Å². The van der Waals surface area contributed by atoms with Gasteiger partial charge in [0.2, 0.25) is 5.91 Å². The molecule has 0 aromatic rings.